The number of H-pyrrole nitrogens is 1. The number of hydrogen-bond acceptors (Lipinski definition) is 6. The average Bonchev–Trinajstić information content (AvgIpc) is 3.03. The topological polar surface area (TPSA) is 90.8 Å². The van der Waals surface area contributed by atoms with Gasteiger partial charge in [0.2, 0.25) is 0 Å². The predicted molar refractivity (Wildman–Crippen MR) is 95.2 cm³/mol. The van der Waals surface area contributed by atoms with Crippen LogP contribution < -0.4 is 15.6 Å². The fourth-order valence-corrected chi connectivity index (χ4v) is 3.19. The Morgan fingerprint density at radius 3 is 3.00 bits per heavy atom. The fraction of sp³-hybridized carbons (Fsp3) is 0.188. The second-order valence-electron chi connectivity index (χ2n) is 5.02. The molecule has 0 aliphatic carbocycles. The minimum atomic E-state index is -0.148. The maximum atomic E-state index is 12.2. The van der Waals surface area contributed by atoms with Crippen LogP contribution in [0.2, 0.25) is 5.02 Å². The number of nitriles is 1. The van der Waals surface area contributed by atoms with Crippen molar-refractivity contribution < 1.29 is 4.74 Å². The van der Waals surface area contributed by atoms with Crippen molar-refractivity contribution >= 4 is 39.0 Å². The van der Waals surface area contributed by atoms with E-state index in [2.05, 4.69) is 15.3 Å². The highest BCUT2D eigenvalue weighted by atomic mass is 35.5. The third-order valence-electron chi connectivity index (χ3n) is 3.48. The third kappa shape index (κ3) is 3.35. The number of halogens is 1. The van der Waals surface area contributed by atoms with Crippen LogP contribution in [0.15, 0.2) is 29.2 Å². The fourth-order valence-electron chi connectivity index (χ4n) is 2.31. The molecular formula is C16H13ClN4O2S. The van der Waals surface area contributed by atoms with Crippen LogP contribution in [0.25, 0.3) is 10.9 Å². The molecule has 2 aromatic heterocycles. The second kappa shape index (κ2) is 6.91. The van der Waals surface area contributed by atoms with Crippen molar-refractivity contribution in [1.82, 2.24) is 9.97 Å². The summed E-state index contributed by atoms with van der Waals surface area (Å²) in [7, 11) is 1.53. The van der Waals surface area contributed by atoms with Crippen LogP contribution in [0.4, 0.5) is 5.13 Å². The lowest BCUT2D eigenvalue weighted by Gasteiger charge is -2.07. The van der Waals surface area contributed by atoms with Crippen molar-refractivity contribution in [1.29, 1.82) is 5.26 Å². The van der Waals surface area contributed by atoms with Gasteiger partial charge in [-0.3, -0.25) is 4.79 Å². The van der Waals surface area contributed by atoms with E-state index in [1.807, 2.05) is 12.1 Å². The van der Waals surface area contributed by atoms with Gasteiger partial charge in [-0.25, -0.2) is 4.98 Å². The summed E-state index contributed by atoms with van der Waals surface area (Å²) in [5.74, 6) is 0.520. The highest BCUT2D eigenvalue weighted by Crippen LogP contribution is 2.28. The number of methoxy groups -OCH3 is 1. The Morgan fingerprint density at radius 1 is 1.46 bits per heavy atom. The molecule has 1 aromatic carbocycles. The molecular weight excluding hydrogens is 348 g/mol. The number of hydrogen-bond donors (Lipinski definition) is 2. The molecule has 122 valence electrons. The first-order valence-corrected chi connectivity index (χ1v) is 8.29. The molecule has 0 fully saturated rings. The Bertz CT molecular complexity index is 990. The Labute approximate surface area is 146 Å². The van der Waals surface area contributed by atoms with E-state index in [-0.39, 0.29) is 5.56 Å². The van der Waals surface area contributed by atoms with Crippen LogP contribution in [0.1, 0.15) is 10.4 Å². The number of nitrogens with one attached hydrogen (secondary N) is 2. The summed E-state index contributed by atoms with van der Waals surface area (Å²) in [5, 5.41) is 13.9. The summed E-state index contributed by atoms with van der Waals surface area (Å²) in [6.45, 7) is 0.539. The lowest BCUT2D eigenvalue weighted by atomic mass is 10.1. The first-order chi connectivity index (χ1) is 11.6. The van der Waals surface area contributed by atoms with Crippen molar-refractivity contribution in [2.75, 3.05) is 19.0 Å². The number of nitrogens with zero attached hydrogens (tertiary/aromatic N) is 2. The molecule has 24 heavy (non-hydrogen) atoms. The van der Waals surface area contributed by atoms with Gasteiger partial charge in [0.05, 0.1) is 23.8 Å². The first-order valence-electron chi connectivity index (χ1n) is 7.10. The van der Waals surface area contributed by atoms with Crippen molar-refractivity contribution in [3.05, 3.63) is 50.2 Å². The standard InChI is InChI=1S/C16H13ClN4O2S/c1-23-14-6-13-10(5-12(14)17)4-9(15(22)21-13)2-3-19-16-20-8-11(7-18)24-16/h4-6,8H,2-3H2,1H3,(H,19,20)(H,21,22). The van der Waals surface area contributed by atoms with Gasteiger partial charge in [0.25, 0.3) is 5.56 Å². The number of aromatic nitrogens is 2. The van der Waals surface area contributed by atoms with Gasteiger partial charge in [0.15, 0.2) is 5.13 Å². The van der Waals surface area contributed by atoms with Gasteiger partial charge in [0, 0.05) is 23.6 Å². The number of anilines is 1. The highest BCUT2D eigenvalue weighted by Gasteiger charge is 2.08. The van der Waals surface area contributed by atoms with Gasteiger partial charge in [0.1, 0.15) is 16.7 Å². The molecule has 0 saturated heterocycles. The Hall–Kier alpha value is -2.56. The Kier molecular flexibility index (Phi) is 4.69. The molecule has 0 aliphatic heterocycles. The molecule has 6 nitrogen and oxygen atoms in total. The molecule has 3 rings (SSSR count). The lowest BCUT2D eigenvalue weighted by molar-refractivity contribution is 0.415. The summed E-state index contributed by atoms with van der Waals surface area (Å²) >= 11 is 7.41. The second-order valence-corrected chi connectivity index (χ2v) is 6.45. The zero-order valence-electron chi connectivity index (χ0n) is 12.7. The first kappa shape index (κ1) is 16.3. The minimum Gasteiger partial charge on any atom is -0.495 e. The van der Waals surface area contributed by atoms with Gasteiger partial charge >= 0.3 is 0 Å². The minimum absolute atomic E-state index is 0.148. The molecule has 0 radical (unpaired) electrons. The summed E-state index contributed by atoms with van der Waals surface area (Å²) in [6.07, 6.45) is 2.04. The van der Waals surface area contributed by atoms with E-state index in [1.54, 1.807) is 12.1 Å². The lowest BCUT2D eigenvalue weighted by Crippen LogP contribution is -2.16. The highest BCUT2D eigenvalue weighted by molar-refractivity contribution is 7.16. The number of pyridine rings is 1. The molecule has 0 unspecified atom stereocenters. The van der Waals surface area contributed by atoms with Crippen LogP contribution in [0.5, 0.6) is 5.75 Å². The Morgan fingerprint density at radius 2 is 2.29 bits per heavy atom. The zero-order valence-corrected chi connectivity index (χ0v) is 14.3. The summed E-state index contributed by atoms with van der Waals surface area (Å²) < 4.78 is 5.16. The monoisotopic (exact) mass is 360 g/mol. The summed E-state index contributed by atoms with van der Waals surface area (Å²) in [5.41, 5.74) is 1.18. The number of thiazole rings is 1. The molecule has 2 N–H and O–H groups in total. The summed E-state index contributed by atoms with van der Waals surface area (Å²) in [6, 6.07) is 7.34. The normalized spacial score (nSPS) is 10.5. The van der Waals surface area contributed by atoms with Gasteiger partial charge < -0.3 is 15.0 Å². The number of ether oxygens (including phenoxy) is 1. The average molecular weight is 361 g/mol. The van der Waals surface area contributed by atoms with Crippen LogP contribution in [0, 0.1) is 11.3 Å². The molecule has 0 aliphatic rings. The third-order valence-corrected chi connectivity index (χ3v) is 4.64. The van der Waals surface area contributed by atoms with Gasteiger partial charge in [-0.1, -0.05) is 22.9 Å². The van der Waals surface area contributed by atoms with Gasteiger partial charge in [-0.15, -0.1) is 0 Å². The largest absolute Gasteiger partial charge is 0.495 e. The summed E-state index contributed by atoms with van der Waals surface area (Å²) in [4.78, 5) is 19.7. The molecule has 0 bridgehead atoms. The van der Waals surface area contributed by atoms with Gasteiger partial charge in [-0.05, 0) is 18.6 Å². The molecule has 0 saturated carbocycles. The van der Waals surface area contributed by atoms with E-state index in [4.69, 9.17) is 21.6 Å². The zero-order chi connectivity index (χ0) is 17.1. The van der Waals surface area contributed by atoms with E-state index in [1.165, 1.54) is 24.6 Å². The van der Waals surface area contributed by atoms with Gasteiger partial charge in [-0.2, -0.15) is 5.26 Å². The van der Waals surface area contributed by atoms with E-state index in [0.717, 1.165) is 5.39 Å². The van der Waals surface area contributed by atoms with Crippen LogP contribution in [0.3, 0.4) is 0 Å². The maximum Gasteiger partial charge on any atom is 0.251 e. The maximum absolute atomic E-state index is 12.2. The smallest absolute Gasteiger partial charge is 0.251 e. The van der Waals surface area contributed by atoms with Crippen molar-refractivity contribution in [3.63, 3.8) is 0 Å². The van der Waals surface area contributed by atoms with E-state index in [9.17, 15) is 4.79 Å². The van der Waals surface area contributed by atoms with E-state index < -0.39 is 0 Å². The Balaban J connectivity index is 1.78. The number of rotatable bonds is 5. The molecule has 8 heteroatoms. The SMILES string of the molecule is COc1cc2[nH]c(=O)c(CCNc3ncc(C#N)s3)cc2cc1Cl. The van der Waals surface area contributed by atoms with Crippen LogP contribution in [-0.2, 0) is 6.42 Å². The predicted octanol–water partition coefficient (Wildman–Crippen LogP) is 3.17. The van der Waals surface area contributed by atoms with Crippen molar-refractivity contribution in [2.24, 2.45) is 0 Å². The molecule has 0 spiro atoms. The van der Waals surface area contributed by atoms with E-state index in [0.29, 0.717) is 44.8 Å². The molecule has 3 aromatic rings. The number of fused-ring (bicyclic) bond motifs is 1. The van der Waals surface area contributed by atoms with Crippen molar-refractivity contribution in [3.8, 4) is 11.8 Å². The van der Waals surface area contributed by atoms with Crippen LogP contribution in [-0.4, -0.2) is 23.6 Å². The quantitative estimate of drug-likeness (QED) is 0.729. The van der Waals surface area contributed by atoms with Crippen molar-refractivity contribution in [2.45, 2.75) is 6.42 Å². The molecule has 0 amide bonds. The number of benzene rings is 1. The number of aromatic amines is 1. The van der Waals surface area contributed by atoms with Crippen LogP contribution >= 0.6 is 22.9 Å². The molecule has 0 atom stereocenters. The van der Waals surface area contributed by atoms with E-state index >= 15 is 0 Å². The molecule has 2 heterocycles.